The van der Waals surface area contributed by atoms with Gasteiger partial charge >= 0.3 is 37.7 Å². The normalized spacial score (nSPS) is 10.1. The van der Waals surface area contributed by atoms with Gasteiger partial charge in [0, 0.05) is 5.69 Å². The Bertz CT molecular complexity index is 813. The first-order valence-electron chi connectivity index (χ1n) is 6.31. The maximum absolute atomic E-state index is 3.17. The number of hydrogen-bond donors (Lipinski definition) is 0. The molecule has 90 valence electrons. The molecule has 4 aromatic rings. The van der Waals surface area contributed by atoms with E-state index in [1.165, 1.54) is 27.5 Å². The van der Waals surface area contributed by atoms with Crippen molar-refractivity contribution in [2.75, 3.05) is 0 Å². The van der Waals surface area contributed by atoms with Gasteiger partial charge in [-0.05, 0) is 12.1 Å². The topological polar surface area (TPSA) is 4.93 Å². The third-order valence-corrected chi connectivity index (χ3v) is 3.47. The van der Waals surface area contributed by atoms with E-state index in [-0.39, 0.29) is 37.7 Å². The standard InChI is InChI=1S/C18H11N.2Li/c1-2-8-14(9-3-1)19-17-12-6-4-10-15(17)16-11-5-7-13-18(16)19;;/h1-3,6-13H;;/q-2;2*+1. The maximum atomic E-state index is 3.17. The van der Waals surface area contributed by atoms with E-state index in [4.69, 9.17) is 0 Å². The minimum Gasteiger partial charge on any atom is -0.359 e. The molecule has 21 heavy (non-hydrogen) atoms. The smallest absolute Gasteiger partial charge is 0.359 e. The van der Waals surface area contributed by atoms with Crippen LogP contribution in [0.3, 0.4) is 0 Å². The van der Waals surface area contributed by atoms with Crippen LogP contribution < -0.4 is 37.7 Å². The van der Waals surface area contributed by atoms with Crippen LogP contribution in [-0.2, 0) is 0 Å². The first-order valence-corrected chi connectivity index (χ1v) is 6.31. The van der Waals surface area contributed by atoms with Gasteiger partial charge in [-0.15, -0.1) is 12.1 Å². The molecule has 0 aliphatic rings. The summed E-state index contributed by atoms with van der Waals surface area (Å²) in [5.41, 5.74) is 3.60. The Kier molecular flexibility index (Phi) is 5.05. The first-order chi connectivity index (χ1) is 9.45. The Labute approximate surface area is 148 Å². The summed E-state index contributed by atoms with van der Waals surface area (Å²) >= 11 is 0. The summed E-state index contributed by atoms with van der Waals surface area (Å²) in [6.07, 6.45) is 0. The van der Waals surface area contributed by atoms with Gasteiger partial charge in [-0.25, -0.2) is 0 Å². The zero-order valence-corrected chi connectivity index (χ0v) is 12.3. The predicted molar refractivity (Wildman–Crippen MR) is 78.5 cm³/mol. The van der Waals surface area contributed by atoms with Crippen LogP contribution in [0.4, 0.5) is 0 Å². The zero-order chi connectivity index (χ0) is 12.7. The van der Waals surface area contributed by atoms with E-state index in [0.29, 0.717) is 0 Å². The Morgan fingerprint density at radius 1 is 0.667 bits per heavy atom. The van der Waals surface area contributed by atoms with Crippen molar-refractivity contribution >= 4 is 21.8 Å². The summed E-state index contributed by atoms with van der Waals surface area (Å²) in [6, 6.07) is 29.0. The fraction of sp³-hybridized carbons (Fsp3) is 0. The minimum absolute atomic E-state index is 0. The molecular formula is C18H11Li2N. The minimum atomic E-state index is 0. The SMILES string of the molecule is [Li+].[Li+].[c-]1ccc2c(c1)c1c[c-]ccc1n2-c1ccccc1. The number of benzene rings is 3. The second-order valence-corrected chi connectivity index (χ2v) is 4.56. The van der Waals surface area contributed by atoms with Crippen LogP contribution in [0.5, 0.6) is 0 Å². The Morgan fingerprint density at radius 3 is 1.71 bits per heavy atom. The van der Waals surface area contributed by atoms with Crippen molar-refractivity contribution in [1.82, 2.24) is 4.57 Å². The third-order valence-electron chi connectivity index (χ3n) is 3.47. The van der Waals surface area contributed by atoms with E-state index in [0.717, 1.165) is 0 Å². The van der Waals surface area contributed by atoms with Crippen molar-refractivity contribution in [2.45, 2.75) is 0 Å². The maximum Gasteiger partial charge on any atom is 1.00 e. The second-order valence-electron chi connectivity index (χ2n) is 4.56. The average molecular weight is 255 g/mol. The van der Waals surface area contributed by atoms with Crippen LogP contribution in [0.2, 0.25) is 0 Å². The van der Waals surface area contributed by atoms with Crippen LogP contribution in [0.1, 0.15) is 0 Å². The zero-order valence-electron chi connectivity index (χ0n) is 12.3. The number of hydrogen-bond acceptors (Lipinski definition) is 0. The monoisotopic (exact) mass is 255 g/mol. The van der Waals surface area contributed by atoms with Crippen LogP contribution >= 0.6 is 0 Å². The predicted octanol–water partition coefficient (Wildman–Crippen LogP) is -1.61. The first kappa shape index (κ1) is 16.0. The Morgan fingerprint density at radius 2 is 1.19 bits per heavy atom. The second kappa shape index (κ2) is 6.61. The number of fused-ring (bicyclic) bond motifs is 3. The van der Waals surface area contributed by atoms with E-state index in [2.05, 4.69) is 53.1 Å². The summed E-state index contributed by atoms with van der Waals surface area (Å²) < 4.78 is 2.28. The van der Waals surface area contributed by atoms with Crippen LogP contribution in [0.15, 0.2) is 66.7 Å². The summed E-state index contributed by atoms with van der Waals surface area (Å²) in [5.74, 6) is 0. The summed E-state index contributed by atoms with van der Waals surface area (Å²) in [4.78, 5) is 0. The molecule has 0 radical (unpaired) electrons. The van der Waals surface area contributed by atoms with Gasteiger partial charge in [-0.3, -0.25) is 0 Å². The van der Waals surface area contributed by atoms with Crippen molar-refractivity contribution in [3.63, 3.8) is 0 Å². The molecule has 0 aliphatic heterocycles. The molecule has 3 heteroatoms. The molecule has 0 atom stereocenters. The van der Waals surface area contributed by atoms with Crippen molar-refractivity contribution in [3.8, 4) is 5.69 Å². The fourth-order valence-electron chi connectivity index (χ4n) is 2.65. The molecule has 0 saturated heterocycles. The van der Waals surface area contributed by atoms with Gasteiger partial charge in [-0.1, -0.05) is 29.2 Å². The molecule has 0 fully saturated rings. The van der Waals surface area contributed by atoms with E-state index < -0.39 is 0 Å². The molecule has 0 saturated carbocycles. The fourth-order valence-corrected chi connectivity index (χ4v) is 2.65. The molecule has 0 unspecified atom stereocenters. The van der Waals surface area contributed by atoms with E-state index >= 15 is 0 Å². The Balaban J connectivity index is 0.000000807. The van der Waals surface area contributed by atoms with Crippen molar-refractivity contribution in [3.05, 3.63) is 78.9 Å². The molecule has 1 nitrogen and oxygen atoms in total. The van der Waals surface area contributed by atoms with Gasteiger partial charge in [0.05, 0.1) is 0 Å². The van der Waals surface area contributed by atoms with E-state index in [1.807, 2.05) is 30.3 Å². The quantitative estimate of drug-likeness (QED) is 0.285. The summed E-state index contributed by atoms with van der Waals surface area (Å²) in [5, 5.41) is 2.44. The number of nitrogens with zero attached hydrogens (tertiary/aromatic N) is 1. The molecule has 1 heterocycles. The van der Waals surface area contributed by atoms with Crippen molar-refractivity contribution in [2.24, 2.45) is 0 Å². The number of rotatable bonds is 1. The largest absolute Gasteiger partial charge is 1.00 e. The summed E-state index contributed by atoms with van der Waals surface area (Å²) in [7, 11) is 0. The van der Waals surface area contributed by atoms with Gasteiger partial charge in [0.15, 0.2) is 0 Å². The molecule has 0 spiro atoms. The van der Waals surface area contributed by atoms with Gasteiger partial charge in [0.25, 0.3) is 0 Å². The van der Waals surface area contributed by atoms with Gasteiger partial charge in [0.2, 0.25) is 0 Å². The van der Waals surface area contributed by atoms with Gasteiger partial charge < -0.3 is 4.57 Å². The van der Waals surface area contributed by atoms with Crippen molar-refractivity contribution in [1.29, 1.82) is 0 Å². The van der Waals surface area contributed by atoms with Crippen LogP contribution in [0.25, 0.3) is 27.5 Å². The molecule has 4 rings (SSSR count). The van der Waals surface area contributed by atoms with Gasteiger partial charge in [-0.2, -0.15) is 47.2 Å². The average Bonchev–Trinajstić information content (AvgIpc) is 2.83. The molecule has 0 bridgehead atoms. The van der Waals surface area contributed by atoms with E-state index in [1.54, 1.807) is 0 Å². The molecule has 0 N–H and O–H groups in total. The number of aromatic nitrogens is 1. The molecular weight excluding hydrogens is 244 g/mol. The van der Waals surface area contributed by atoms with Crippen molar-refractivity contribution < 1.29 is 37.7 Å². The Hall–Kier alpha value is -1.35. The van der Waals surface area contributed by atoms with Gasteiger partial charge in [0.1, 0.15) is 0 Å². The van der Waals surface area contributed by atoms with Crippen LogP contribution in [-0.4, -0.2) is 4.57 Å². The molecule has 3 aromatic carbocycles. The summed E-state index contributed by atoms with van der Waals surface area (Å²) in [6.45, 7) is 0. The molecule has 0 amide bonds. The molecule has 0 aliphatic carbocycles. The van der Waals surface area contributed by atoms with E-state index in [9.17, 15) is 0 Å². The number of para-hydroxylation sites is 1. The van der Waals surface area contributed by atoms with Crippen LogP contribution in [0, 0.1) is 12.1 Å². The third kappa shape index (κ3) is 2.59. The molecule has 1 aromatic heterocycles.